The molecule has 1 amide bonds. The van der Waals surface area contributed by atoms with Crippen molar-refractivity contribution in [2.45, 2.75) is 17.1 Å². The molecule has 0 radical (unpaired) electrons. The lowest BCUT2D eigenvalue weighted by Crippen LogP contribution is -2.22. The van der Waals surface area contributed by atoms with Crippen molar-refractivity contribution in [2.24, 2.45) is 0 Å². The highest BCUT2D eigenvalue weighted by Gasteiger charge is 2.18. The topological polar surface area (TPSA) is 52.9 Å². The normalized spacial score (nSPS) is 11.7. The second-order valence-electron chi connectivity index (χ2n) is 4.10. The maximum Gasteiger partial charge on any atom is 0.238 e. The molecule has 0 bridgehead atoms. The number of carbonyl (C=O) groups is 1. The van der Waals surface area contributed by atoms with Gasteiger partial charge in [-0.25, -0.2) is 8.78 Å². The molecule has 1 aromatic heterocycles. The Hall–Kier alpha value is -1.91. The fraction of sp³-hybridized carbons (Fsp3) is 0.143. The summed E-state index contributed by atoms with van der Waals surface area (Å²) in [5, 5.41) is 13.0. The van der Waals surface area contributed by atoms with Crippen LogP contribution in [0.15, 0.2) is 34.5 Å². The average molecular weight is 324 g/mol. The maximum absolute atomic E-state index is 13.5. The first-order chi connectivity index (χ1) is 10.0. The quantitative estimate of drug-likeness (QED) is 0.864. The molecule has 0 aliphatic carbocycles. The first-order valence-electron chi connectivity index (χ1n) is 5.91. The molecule has 0 aliphatic heterocycles. The van der Waals surface area contributed by atoms with E-state index in [2.05, 4.69) is 5.32 Å². The number of carbonyl (C=O) groups excluding carboxylic acids is 1. The van der Waals surface area contributed by atoms with E-state index < -0.39 is 16.9 Å². The Morgan fingerprint density at radius 3 is 2.90 bits per heavy atom. The molecule has 21 heavy (non-hydrogen) atoms. The Morgan fingerprint density at radius 2 is 2.19 bits per heavy atom. The number of amides is 1. The van der Waals surface area contributed by atoms with Gasteiger partial charge in [0.05, 0.1) is 10.8 Å². The van der Waals surface area contributed by atoms with Crippen molar-refractivity contribution >= 4 is 34.0 Å². The average Bonchev–Trinajstić information content (AvgIpc) is 2.90. The molecule has 108 valence electrons. The van der Waals surface area contributed by atoms with Crippen LogP contribution in [0, 0.1) is 23.0 Å². The Balaban J connectivity index is 2.06. The number of anilines is 1. The Labute approximate surface area is 128 Å². The van der Waals surface area contributed by atoms with Crippen LogP contribution in [0.1, 0.15) is 12.5 Å². The van der Waals surface area contributed by atoms with E-state index in [-0.39, 0.29) is 10.8 Å². The van der Waals surface area contributed by atoms with Crippen molar-refractivity contribution in [1.82, 2.24) is 0 Å². The summed E-state index contributed by atoms with van der Waals surface area (Å²) in [7, 11) is 0. The van der Waals surface area contributed by atoms with Crippen LogP contribution in [-0.4, -0.2) is 11.2 Å². The number of rotatable bonds is 4. The summed E-state index contributed by atoms with van der Waals surface area (Å²) in [6.07, 6.45) is 0. The third-order valence-electron chi connectivity index (χ3n) is 2.59. The van der Waals surface area contributed by atoms with Gasteiger partial charge in [-0.1, -0.05) is 0 Å². The van der Waals surface area contributed by atoms with Gasteiger partial charge in [0.2, 0.25) is 5.91 Å². The van der Waals surface area contributed by atoms with Crippen molar-refractivity contribution < 1.29 is 13.6 Å². The fourth-order valence-electron chi connectivity index (χ4n) is 1.52. The van der Waals surface area contributed by atoms with Gasteiger partial charge < -0.3 is 5.32 Å². The van der Waals surface area contributed by atoms with Crippen molar-refractivity contribution in [1.29, 1.82) is 5.26 Å². The van der Waals surface area contributed by atoms with Crippen LogP contribution in [0.4, 0.5) is 13.8 Å². The van der Waals surface area contributed by atoms with E-state index >= 15 is 0 Å². The molecule has 2 aromatic rings. The summed E-state index contributed by atoms with van der Waals surface area (Å²) in [4.78, 5) is 12.1. The number of hydrogen-bond donors (Lipinski definition) is 1. The van der Waals surface area contributed by atoms with Gasteiger partial charge in [0.25, 0.3) is 0 Å². The highest BCUT2D eigenvalue weighted by Crippen LogP contribution is 2.29. The van der Waals surface area contributed by atoms with E-state index in [4.69, 9.17) is 5.26 Å². The molecular formula is C14H10F2N2OS2. The van der Waals surface area contributed by atoms with Crippen molar-refractivity contribution in [3.05, 3.63) is 46.8 Å². The van der Waals surface area contributed by atoms with Gasteiger partial charge in [0, 0.05) is 4.90 Å². The van der Waals surface area contributed by atoms with Crippen LogP contribution in [0.5, 0.6) is 0 Å². The minimum atomic E-state index is -0.630. The zero-order valence-electron chi connectivity index (χ0n) is 10.9. The van der Waals surface area contributed by atoms with Crippen LogP contribution in [-0.2, 0) is 4.79 Å². The van der Waals surface area contributed by atoms with E-state index in [1.165, 1.54) is 11.3 Å². The Kier molecular flexibility index (Phi) is 4.94. The van der Waals surface area contributed by atoms with E-state index in [1.54, 1.807) is 18.4 Å². The minimum absolute atomic E-state index is 0.0735. The molecule has 1 N–H and O–H groups in total. The van der Waals surface area contributed by atoms with E-state index in [9.17, 15) is 13.6 Å². The highest BCUT2D eigenvalue weighted by molar-refractivity contribution is 8.00. The van der Waals surface area contributed by atoms with Gasteiger partial charge in [-0.05, 0) is 36.6 Å². The molecule has 2 rings (SSSR count). The monoisotopic (exact) mass is 324 g/mol. The van der Waals surface area contributed by atoms with Gasteiger partial charge in [-0.2, -0.15) is 5.26 Å². The van der Waals surface area contributed by atoms with Gasteiger partial charge in [-0.15, -0.1) is 23.1 Å². The minimum Gasteiger partial charge on any atom is -0.316 e. The summed E-state index contributed by atoms with van der Waals surface area (Å²) in [5.74, 6) is -1.51. The van der Waals surface area contributed by atoms with Crippen molar-refractivity contribution in [2.75, 3.05) is 5.32 Å². The fourth-order valence-corrected chi connectivity index (χ4v) is 3.17. The van der Waals surface area contributed by atoms with Crippen LogP contribution >= 0.6 is 23.1 Å². The number of benzene rings is 1. The summed E-state index contributed by atoms with van der Waals surface area (Å²) >= 11 is 2.16. The van der Waals surface area contributed by atoms with Gasteiger partial charge in [0.15, 0.2) is 0 Å². The summed E-state index contributed by atoms with van der Waals surface area (Å²) in [6, 6.07) is 6.66. The highest BCUT2D eigenvalue weighted by atomic mass is 32.2. The maximum atomic E-state index is 13.5. The third-order valence-corrected chi connectivity index (χ3v) is 4.55. The van der Waals surface area contributed by atoms with Crippen molar-refractivity contribution in [3.8, 4) is 6.07 Å². The first kappa shape index (κ1) is 15.5. The summed E-state index contributed by atoms with van der Waals surface area (Å²) in [5.41, 5.74) is 0.377. The summed E-state index contributed by atoms with van der Waals surface area (Å²) < 4.78 is 26.6. The molecule has 0 fully saturated rings. The smallest absolute Gasteiger partial charge is 0.238 e. The largest absolute Gasteiger partial charge is 0.316 e. The van der Waals surface area contributed by atoms with Crippen LogP contribution in [0.2, 0.25) is 0 Å². The molecule has 0 saturated heterocycles. The van der Waals surface area contributed by atoms with Gasteiger partial charge in [0.1, 0.15) is 22.7 Å². The lowest BCUT2D eigenvalue weighted by atomic mass is 10.3. The number of thiophene rings is 1. The number of hydrogen-bond acceptors (Lipinski definition) is 4. The van der Waals surface area contributed by atoms with E-state index in [1.807, 2.05) is 6.07 Å². The molecule has 1 atom stereocenters. The third kappa shape index (κ3) is 3.80. The molecular weight excluding hydrogens is 314 g/mol. The number of halogens is 2. The van der Waals surface area contributed by atoms with Crippen LogP contribution in [0.25, 0.3) is 0 Å². The first-order valence-corrected chi connectivity index (χ1v) is 7.67. The van der Waals surface area contributed by atoms with Gasteiger partial charge in [-0.3, -0.25) is 4.79 Å². The van der Waals surface area contributed by atoms with Crippen molar-refractivity contribution in [3.63, 3.8) is 0 Å². The predicted molar refractivity (Wildman–Crippen MR) is 79.3 cm³/mol. The van der Waals surface area contributed by atoms with Gasteiger partial charge >= 0.3 is 0 Å². The standard InChI is InChI=1S/C14H10F2N2OS2/c1-8(21-12-6-10(15)2-3-11(12)16)13(19)18-14-9(7-17)4-5-20-14/h2-6,8H,1H3,(H,18,19)/t8-/m1/s1. The second kappa shape index (κ2) is 6.70. The second-order valence-corrected chi connectivity index (χ2v) is 6.40. The molecule has 0 saturated carbocycles. The SMILES string of the molecule is C[C@@H](Sc1cc(F)ccc1F)C(=O)Nc1sccc1C#N. The van der Waals surface area contributed by atoms with E-state index in [0.29, 0.717) is 10.6 Å². The zero-order valence-corrected chi connectivity index (χ0v) is 12.5. The lowest BCUT2D eigenvalue weighted by Gasteiger charge is -2.11. The molecule has 0 spiro atoms. The zero-order chi connectivity index (χ0) is 15.4. The van der Waals surface area contributed by atoms with Crippen LogP contribution < -0.4 is 5.32 Å². The molecule has 1 aromatic carbocycles. The molecule has 0 unspecified atom stereocenters. The summed E-state index contributed by atoms with van der Waals surface area (Å²) in [6.45, 7) is 1.59. The number of nitrogens with zero attached hydrogens (tertiary/aromatic N) is 1. The Morgan fingerprint density at radius 1 is 1.43 bits per heavy atom. The van der Waals surface area contributed by atoms with Crippen LogP contribution in [0.3, 0.4) is 0 Å². The number of nitrogens with one attached hydrogen (secondary N) is 1. The molecule has 7 heteroatoms. The Bertz CT molecular complexity index is 709. The number of nitriles is 1. The molecule has 1 heterocycles. The van der Waals surface area contributed by atoms with E-state index in [0.717, 1.165) is 30.0 Å². The predicted octanol–water partition coefficient (Wildman–Crippen LogP) is 4.02. The number of thioether (sulfide) groups is 1. The molecule has 0 aliphatic rings. The molecule has 3 nitrogen and oxygen atoms in total. The lowest BCUT2D eigenvalue weighted by molar-refractivity contribution is -0.115.